The Balaban J connectivity index is 1.55. The first-order chi connectivity index (χ1) is 12.2. The van der Waals surface area contributed by atoms with Crippen molar-refractivity contribution in [1.82, 2.24) is 14.7 Å². The summed E-state index contributed by atoms with van der Waals surface area (Å²) in [5, 5.41) is 5.39. The first-order valence-electron chi connectivity index (χ1n) is 8.25. The second-order valence-corrected chi connectivity index (χ2v) is 8.83. The molecule has 26 heavy (non-hydrogen) atoms. The van der Waals surface area contributed by atoms with Gasteiger partial charge in [0.1, 0.15) is 11.6 Å². The van der Waals surface area contributed by atoms with E-state index in [9.17, 15) is 14.4 Å². The lowest BCUT2D eigenvalue weighted by Gasteiger charge is -2.35. The third kappa shape index (κ3) is 4.30. The molecule has 1 aromatic heterocycles. The maximum atomic E-state index is 12.3. The van der Waals surface area contributed by atoms with Crippen LogP contribution < -0.4 is 5.32 Å². The molecule has 2 saturated heterocycles. The van der Waals surface area contributed by atoms with Crippen LogP contribution in [-0.2, 0) is 14.3 Å². The molecule has 2 aliphatic rings. The molecule has 1 N–H and O–H groups in total. The van der Waals surface area contributed by atoms with Crippen LogP contribution in [0.4, 0.5) is 9.59 Å². The van der Waals surface area contributed by atoms with Gasteiger partial charge >= 0.3 is 11.4 Å². The van der Waals surface area contributed by atoms with Crippen LogP contribution in [0.15, 0.2) is 17.5 Å². The number of amides is 2. The van der Waals surface area contributed by atoms with Gasteiger partial charge in [0, 0.05) is 18.0 Å². The van der Waals surface area contributed by atoms with Gasteiger partial charge in [-0.2, -0.15) is 0 Å². The second-order valence-electron chi connectivity index (χ2n) is 6.91. The molecule has 142 valence electrons. The lowest BCUT2D eigenvalue weighted by Crippen LogP contribution is -2.57. The molecule has 0 saturated carbocycles. The highest BCUT2D eigenvalue weighted by Gasteiger charge is 2.45. The molecule has 2 atom stereocenters. The van der Waals surface area contributed by atoms with Gasteiger partial charge in [-0.25, -0.2) is 14.6 Å². The van der Waals surface area contributed by atoms with Crippen LogP contribution in [0.5, 0.6) is 0 Å². The van der Waals surface area contributed by atoms with Crippen molar-refractivity contribution in [3.8, 4) is 0 Å². The molecule has 2 fully saturated rings. The fraction of sp³-hybridized carbons (Fsp3) is 0.562. The van der Waals surface area contributed by atoms with Crippen LogP contribution in [0.25, 0.3) is 0 Å². The van der Waals surface area contributed by atoms with Crippen molar-refractivity contribution in [2.24, 2.45) is 0 Å². The lowest BCUT2D eigenvalue weighted by molar-refractivity contribution is -0.142. The molecule has 3 heterocycles. The van der Waals surface area contributed by atoms with Crippen molar-refractivity contribution in [2.75, 3.05) is 13.1 Å². The van der Waals surface area contributed by atoms with Crippen molar-refractivity contribution in [3.63, 3.8) is 0 Å². The Hall–Kier alpha value is -1.78. The predicted molar refractivity (Wildman–Crippen MR) is 97.3 cm³/mol. The van der Waals surface area contributed by atoms with E-state index in [0.717, 1.165) is 23.2 Å². The maximum absolute atomic E-state index is 12.3. The summed E-state index contributed by atoms with van der Waals surface area (Å²) in [5.74, 6) is -0.317. The van der Waals surface area contributed by atoms with Crippen LogP contribution in [0.1, 0.15) is 38.1 Å². The van der Waals surface area contributed by atoms with Crippen molar-refractivity contribution in [3.05, 3.63) is 22.4 Å². The summed E-state index contributed by atoms with van der Waals surface area (Å²) in [6, 6.07) is 3.45. The van der Waals surface area contributed by atoms with Crippen LogP contribution in [0.3, 0.4) is 0 Å². The van der Waals surface area contributed by atoms with E-state index in [-0.39, 0.29) is 11.9 Å². The van der Waals surface area contributed by atoms with Gasteiger partial charge in [0.15, 0.2) is 0 Å². The molecule has 0 aromatic carbocycles. The second kappa shape index (κ2) is 7.45. The van der Waals surface area contributed by atoms with E-state index < -0.39 is 23.1 Å². The molecule has 1 aromatic rings. The number of nitrogens with one attached hydrogen (secondary N) is 1. The maximum Gasteiger partial charge on any atom is 0.425 e. The Morgan fingerprint density at radius 1 is 1.35 bits per heavy atom. The number of hydrazine groups is 1. The van der Waals surface area contributed by atoms with Gasteiger partial charge in [0.25, 0.3) is 5.91 Å². The predicted octanol–water partition coefficient (Wildman–Crippen LogP) is 2.93. The van der Waals surface area contributed by atoms with E-state index in [2.05, 4.69) is 5.32 Å². The molecule has 3 rings (SSSR count). The molecule has 0 aliphatic carbocycles. The van der Waals surface area contributed by atoms with E-state index in [0.29, 0.717) is 13.1 Å². The first-order valence-corrected chi connectivity index (χ1v) is 9.90. The molecule has 2 aliphatic heterocycles. The van der Waals surface area contributed by atoms with Gasteiger partial charge < -0.3 is 14.8 Å². The van der Waals surface area contributed by atoms with Gasteiger partial charge in [-0.15, -0.1) is 15.8 Å². The van der Waals surface area contributed by atoms with E-state index in [4.69, 9.17) is 9.47 Å². The molecular weight excluding hydrogens is 378 g/mol. The van der Waals surface area contributed by atoms with Crippen LogP contribution in [0, 0.1) is 0 Å². The molecular formula is C16H21N3O5S2. The third-order valence-corrected chi connectivity index (χ3v) is 5.50. The third-order valence-electron chi connectivity index (χ3n) is 3.70. The summed E-state index contributed by atoms with van der Waals surface area (Å²) in [7, 11) is 0. The van der Waals surface area contributed by atoms with Gasteiger partial charge in [-0.3, -0.25) is 4.79 Å². The van der Waals surface area contributed by atoms with Crippen LogP contribution >= 0.6 is 23.3 Å². The van der Waals surface area contributed by atoms with Crippen molar-refractivity contribution < 1.29 is 23.9 Å². The van der Waals surface area contributed by atoms with Gasteiger partial charge in [0.2, 0.25) is 6.10 Å². The zero-order chi connectivity index (χ0) is 18.9. The Bertz CT molecular complexity index is 689. The van der Waals surface area contributed by atoms with Crippen LogP contribution in [-0.4, -0.2) is 51.5 Å². The molecule has 0 spiro atoms. The van der Waals surface area contributed by atoms with Gasteiger partial charge in [-0.1, -0.05) is 6.07 Å². The topological polar surface area (TPSA) is 88.2 Å². The summed E-state index contributed by atoms with van der Waals surface area (Å²) in [6.07, 6.45) is -0.624. The minimum atomic E-state index is -0.841. The summed E-state index contributed by atoms with van der Waals surface area (Å²) in [5.41, 5.74) is -0.617. The average Bonchev–Trinajstić information content (AvgIpc) is 3.20. The zero-order valence-corrected chi connectivity index (χ0v) is 16.4. The average molecular weight is 399 g/mol. The highest BCUT2D eigenvalue weighted by atomic mass is 32.2. The minimum absolute atomic E-state index is 0.312. The Morgan fingerprint density at radius 3 is 2.73 bits per heavy atom. The van der Waals surface area contributed by atoms with Gasteiger partial charge in [-0.05, 0) is 38.6 Å². The van der Waals surface area contributed by atoms with E-state index >= 15 is 0 Å². The van der Waals surface area contributed by atoms with Gasteiger partial charge in [0.05, 0.1) is 11.9 Å². The number of rotatable bonds is 3. The van der Waals surface area contributed by atoms with Crippen molar-refractivity contribution in [2.45, 2.75) is 44.9 Å². The number of thiophene rings is 1. The number of carbonyl (C=O) groups excluding carboxylic acids is 3. The standard InChI is InChI=1S/C16H21N3O5S2/c1-16(2,3)24-14(21)18-7-5-8-19(18)26-15(22)23-12-11(17-13(12)20)10-6-4-9-25-10/h4,6,9,11-12H,5,7-8H2,1-3H3,(H,17,20). The highest BCUT2D eigenvalue weighted by Crippen LogP contribution is 2.32. The Labute approximate surface area is 159 Å². The zero-order valence-electron chi connectivity index (χ0n) is 14.8. The van der Waals surface area contributed by atoms with Crippen LogP contribution in [0.2, 0.25) is 0 Å². The highest BCUT2D eigenvalue weighted by molar-refractivity contribution is 8.11. The number of hydrogen-bond acceptors (Lipinski definition) is 8. The number of β-lactam (4-membered cyclic amide) rings is 1. The smallest absolute Gasteiger partial charge is 0.425 e. The largest absolute Gasteiger partial charge is 0.443 e. The number of carbonyl (C=O) groups is 3. The molecule has 8 nitrogen and oxygen atoms in total. The summed E-state index contributed by atoms with van der Waals surface area (Å²) in [4.78, 5) is 37.2. The summed E-state index contributed by atoms with van der Waals surface area (Å²) in [6.45, 7) is 6.34. The molecule has 2 unspecified atom stereocenters. The Kier molecular flexibility index (Phi) is 5.44. The fourth-order valence-corrected chi connectivity index (χ4v) is 4.15. The number of nitrogens with zero attached hydrogens (tertiary/aromatic N) is 2. The van der Waals surface area contributed by atoms with E-state index in [1.165, 1.54) is 20.8 Å². The SMILES string of the molecule is CC(C)(C)OC(=O)N1CCCN1SC(=O)OC1C(=O)NC1c1cccs1. The van der Waals surface area contributed by atoms with E-state index in [1.54, 1.807) is 20.8 Å². The normalized spacial score (nSPS) is 23.3. The number of hydrogen-bond donors (Lipinski definition) is 1. The monoisotopic (exact) mass is 399 g/mol. The molecule has 0 radical (unpaired) electrons. The minimum Gasteiger partial charge on any atom is -0.443 e. The molecule has 2 amide bonds. The van der Waals surface area contributed by atoms with Crippen molar-refractivity contribution in [1.29, 1.82) is 0 Å². The van der Waals surface area contributed by atoms with E-state index in [1.807, 2.05) is 17.5 Å². The van der Waals surface area contributed by atoms with Crippen molar-refractivity contribution >= 4 is 40.6 Å². The molecule has 10 heteroatoms. The Morgan fingerprint density at radius 2 is 2.12 bits per heavy atom. The molecule has 0 bridgehead atoms. The summed E-state index contributed by atoms with van der Waals surface area (Å²) < 4.78 is 12.2. The lowest BCUT2D eigenvalue weighted by atomic mass is 10.0. The quantitative estimate of drug-likeness (QED) is 0.475. The number of ether oxygens (including phenoxy) is 2. The fourth-order valence-electron chi connectivity index (χ4n) is 2.57. The summed E-state index contributed by atoms with van der Waals surface area (Å²) >= 11 is 2.26. The first kappa shape index (κ1) is 19.0.